The second-order valence-electron chi connectivity index (χ2n) is 6.39. The van der Waals surface area contributed by atoms with E-state index >= 15 is 0 Å². The fraction of sp³-hybridized carbons (Fsp3) is 0.625. The van der Waals surface area contributed by atoms with Crippen LogP contribution < -0.4 is 11.3 Å². The van der Waals surface area contributed by atoms with Crippen LogP contribution in [0.2, 0.25) is 0 Å². The molecule has 0 saturated carbocycles. The number of nitrogens with zero attached hydrogens (tertiary/aromatic N) is 1. The van der Waals surface area contributed by atoms with Crippen molar-refractivity contribution >= 4 is 0 Å². The molecule has 1 aromatic carbocycles. The van der Waals surface area contributed by atoms with Gasteiger partial charge in [0.05, 0.1) is 6.04 Å². The Hall–Kier alpha value is -1.04. The summed E-state index contributed by atoms with van der Waals surface area (Å²) >= 11 is 0. The SMILES string of the molecule is Cc1ccc(F)c(C(NN)C(C)(C)N2CCCCC2)c1F. The van der Waals surface area contributed by atoms with Gasteiger partial charge >= 0.3 is 0 Å². The highest BCUT2D eigenvalue weighted by Crippen LogP contribution is 2.35. The highest BCUT2D eigenvalue weighted by atomic mass is 19.1. The van der Waals surface area contributed by atoms with Gasteiger partial charge in [-0.15, -0.1) is 0 Å². The Labute approximate surface area is 125 Å². The number of piperidine rings is 1. The zero-order valence-corrected chi connectivity index (χ0v) is 13.0. The zero-order valence-electron chi connectivity index (χ0n) is 13.0. The van der Waals surface area contributed by atoms with E-state index in [-0.39, 0.29) is 5.56 Å². The van der Waals surface area contributed by atoms with E-state index in [9.17, 15) is 8.78 Å². The van der Waals surface area contributed by atoms with Gasteiger partial charge in [-0.3, -0.25) is 16.2 Å². The monoisotopic (exact) mass is 297 g/mol. The molecule has 1 aliphatic heterocycles. The van der Waals surface area contributed by atoms with Crippen LogP contribution in [0.1, 0.15) is 50.3 Å². The second-order valence-corrected chi connectivity index (χ2v) is 6.39. The summed E-state index contributed by atoms with van der Waals surface area (Å²) in [5.74, 6) is 4.61. The number of aryl methyl sites for hydroxylation is 1. The van der Waals surface area contributed by atoms with Crippen molar-refractivity contribution in [2.45, 2.75) is 51.6 Å². The van der Waals surface area contributed by atoms with Crippen LogP contribution in [0.3, 0.4) is 0 Å². The number of nitrogens with two attached hydrogens (primary N) is 1. The van der Waals surface area contributed by atoms with Crippen molar-refractivity contribution < 1.29 is 8.78 Å². The van der Waals surface area contributed by atoms with Crippen LogP contribution in [0.5, 0.6) is 0 Å². The van der Waals surface area contributed by atoms with Crippen molar-refractivity contribution in [2.24, 2.45) is 5.84 Å². The van der Waals surface area contributed by atoms with Gasteiger partial charge in [-0.25, -0.2) is 8.78 Å². The molecule has 1 unspecified atom stereocenters. The van der Waals surface area contributed by atoms with Gasteiger partial charge < -0.3 is 0 Å². The summed E-state index contributed by atoms with van der Waals surface area (Å²) in [6.07, 6.45) is 3.43. The minimum Gasteiger partial charge on any atom is -0.296 e. The van der Waals surface area contributed by atoms with Crippen molar-refractivity contribution in [3.05, 3.63) is 34.9 Å². The van der Waals surface area contributed by atoms with Gasteiger partial charge in [0.25, 0.3) is 0 Å². The smallest absolute Gasteiger partial charge is 0.133 e. The fourth-order valence-corrected chi connectivity index (χ4v) is 3.24. The summed E-state index contributed by atoms with van der Waals surface area (Å²) < 4.78 is 28.7. The summed E-state index contributed by atoms with van der Waals surface area (Å²) in [5, 5.41) is 0. The van der Waals surface area contributed by atoms with E-state index in [1.807, 2.05) is 13.8 Å². The quantitative estimate of drug-likeness (QED) is 0.663. The van der Waals surface area contributed by atoms with E-state index in [4.69, 9.17) is 5.84 Å². The van der Waals surface area contributed by atoms with Crippen LogP contribution in [0, 0.1) is 18.6 Å². The summed E-state index contributed by atoms with van der Waals surface area (Å²) in [4.78, 5) is 2.27. The predicted octanol–water partition coefficient (Wildman–Crippen LogP) is 3.04. The number of hydrogen-bond donors (Lipinski definition) is 2. The predicted molar refractivity (Wildman–Crippen MR) is 80.7 cm³/mol. The first-order valence-corrected chi connectivity index (χ1v) is 7.55. The summed E-state index contributed by atoms with van der Waals surface area (Å²) in [6.45, 7) is 7.48. The molecule has 5 heteroatoms. The minimum atomic E-state index is -0.601. The lowest BCUT2D eigenvalue weighted by Crippen LogP contribution is -2.56. The molecule has 1 fully saturated rings. The number of hydrogen-bond acceptors (Lipinski definition) is 3. The highest BCUT2D eigenvalue weighted by molar-refractivity contribution is 5.31. The largest absolute Gasteiger partial charge is 0.296 e. The molecule has 0 radical (unpaired) electrons. The Bertz CT molecular complexity index is 497. The standard InChI is InChI=1S/C16H25F2N3/c1-11-7-8-12(17)13(14(11)18)15(20-19)16(2,3)21-9-5-4-6-10-21/h7-8,15,20H,4-6,9-10,19H2,1-3H3. The van der Waals surface area contributed by atoms with E-state index < -0.39 is 23.2 Å². The maximum atomic E-state index is 14.4. The van der Waals surface area contributed by atoms with Crippen molar-refractivity contribution in [1.82, 2.24) is 10.3 Å². The maximum Gasteiger partial charge on any atom is 0.133 e. The number of likely N-dealkylation sites (tertiary alicyclic amines) is 1. The molecular weight excluding hydrogens is 272 g/mol. The van der Waals surface area contributed by atoms with E-state index in [1.54, 1.807) is 6.92 Å². The van der Waals surface area contributed by atoms with Crippen molar-refractivity contribution in [1.29, 1.82) is 0 Å². The van der Waals surface area contributed by atoms with E-state index in [0.717, 1.165) is 25.9 Å². The average Bonchev–Trinajstić information content (AvgIpc) is 2.48. The Morgan fingerprint density at radius 3 is 2.38 bits per heavy atom. The second kappa shape index (κ2) is 6.38. The number of nitrogens with one attached hydrogen (secondary N) is 1. The molecule has 0 spiro atoms. The molecule has 0 bridgehead atoms. The lowest BCUT2D eigenvalue weighted by molar-refractivity contribution is 0.0583. The Morgan fingerprint density at radius 2 is 1.81 bits per heavy atom. The van der Waals surface area contributed by atoms with Gasteiger partial charge in [0.2, 0.25) is 0 Å². The van der Waals surface area contributed by atoms with Crippen molar-refractivity contribution in [3.8, 4) is 0 Å². The van der Waals surface area contributed by atoms with Gasteiger partial charge in [0.1, 0.15) is 11.6 Å². The molecular formula is C16H25F2N3. The van der Waals surface area contributed by atoms with Crippen LogP contribution in [0.15, 0.2) is 12.1 Å². The van der Waals surface area contributed by atoms with Crippen LogP contribution in [-0.4, -0.2) is 23.5 Å². The summed E-state index contributed by atoms with van der Waals surface area (Å²) in [6, 6.07) is 2.16. The molecule has 0 amide bonds. The Kier molecular flexibility index (Phi) is 4.96. The fourth-order valence-electron chi connectivity index (χ4n) is 3.24. The first-order chi connectivity index (χ1) is 9.89. The van der Waals surface area contributed by atoms with Crippen molar-refractivity contribution in [2.75, 3.05) is 13.1 Å². The van der Waals surface area contributed by atoms with Crippen LogP contribution in [0.4, 0.5) is 8.78 Å². The molecule has 1 aliphatic rings. The third kappa shape index (κ3) is 3.10. The average molecular weight is 297 g/mol. The summed E-state index contributed by atoms with van der Waals surface area (Å²) in [7, 11) is 0. The summed E-state index contributed by atoms with van der Waals surface area (Å²) in [5.41, 5.74) is 2.64. The lowest BCUT2D eigenvalue weighted by Gasteiger charge is -2.46. The van der Waals surface area contributed by atoms with Crippen molar-refractivity contribution in [3.63, 3.8) is 0 Å². The molecule has 118 valence electrons. The Morgan fingerprint density at radius 1 is 1.19 bits per heavy atom. The molecule has 21 heavy (non-hydrogen) atoms. The molecule has 1 aromatic rings. The molecule has 3 N–H and O–H groups in total. The molecule has 2 rings (SSSR count). The topological polar surface area (TPSA) is 41.3 Å². The molecule has 0 aromatic heterocycles. The molecule has 3 nitrogen and oxygen atoms in total. The van der Waals surface area contributed by atoms with E-state index in [1.165, 1.54) is 18.6 Å². The van der Waals surface area contributed by atoms with E-state index in [0.29, 0.717) is 5.56 Å². The van der Waals surface area contributed by atoms with E-state index in [2.05, 4.69) is 10.3 Å². The molecule has 1 saturated heterocycles. The van der Waals surface area contributed by atoms with Gasteiger partial charge in [-0.2, -0.15) is 0 Å². The molecule has 1 heterocycles. The number of halogens is 2. The van der Waals surface area contributed by atoms with Crippen LogP contribution in [-0.2, 0) is 0 Å². The first kappa shape index (κ1) is 16.3. The third-order valence-corrected chi connectivity index (χ3v) is 4.65. The van der Waals surface area contributed by atoms with Gasteiger partial charge in [0.15, 0.2) is 0 Å². The number of hydrazine groups is 1. The highest BCUT2D eigenvalue weighted by Gasteiger charge is 2.39. The maximum absolute atomic E-state index is 14.4. The van der Waals surface area contributed by atoms with Gasteiger partial charge in [-0.1, -0.05) is 12.5 Å². The van der Waals surface area contributed by atoms with Crippen LogP contribution >= 0.6 is 0 Å². The molecule has 0 aliphatic carbocycles. The first-order valence-electron chi connectivity index (χ1n) is 7.55. The third-order valence-electron chi connectivity index (χ3n) is 4.65. The zero-order chi connectivity index (χ0) is 15.6. The van der Waals surface area contributed by atoms with Crippen LogP contribution in [0.25, 0.3) is 0 Å². The molecule has 1 atom stereocenters. The van der Waals surface area contributed by atoms with Gasteiger partial charge in [0, 0.05) is 11.1 Å². The normalized spacial score (nSPS) is 18.8. The van der Waals surface area contributed by atoms with Gasteiger partial charge in [-0.05, 0) is 58.3 Å². The number of rotatable bonds is 4. The number of benzene rings is 1. The Balaban J connectivity index is 2.41. The minimum absolute atomic E-state index is 0.0353. The lowest BCUT2D eigenvalue weighted by atomic mass is 9.85.